The third-order valence-corrected chi connectivity index (χ3v) is 4.88. The van der Waals surface area contributed by atoms with Gasteiger partial charge in [-0.3, -0.25) is 9.59 Å². The van der Waals surface area contributed by atoms with Crippen molar-refractivity contribution in [3.63, 3.8) is 0 Å². The molecule has 2 aromatic carbocycles. The molecule has 142 valence electrons. The Bertz CT molecular complexity index is 870. The van der Waals surface area contributed by atoms with Crippen LogP contribution in [-0.4, -0.2) is 17.9 Å². The predicted molar refractivity (Wildman–Crippen MR) is 107 cm³/mol. The van der Waals surface area contributed by atoms with Crippen LogP contribution in [0.3, 0.4) is 0 Å². The molecule has 0 saturated heterocycles. The summed E-state index contributed by atoms with van der Waals surface area (Å²) < 4.78 is 5.74. The molecule has 0 aromatic heterocycles. The highest BCUT2D eigenvalue weighted by Gasteiger charge is 2.56. The fraction of sp³-hybridized carbons (Fsp3) is 0.364. The number of ether oxygens (including phenoxy) is 1. The minimum Gasteiger partial charge on any atom is -0.489 e. The summed E-state index contributed by atoms with van der Waals surface area (Å²) in [5.41, 5.74) is 2.55. The van der Waals surface area contributed by atoms with Crippen LogP contribution in [0.25, 0.3) is 0 Å². The Kier molecular flexibility index (Phi) is 5.22. The van der Waals surface area contributed by atoms with Crippen LogP contribution in [0.1, 0.15) is 37.8 Å². The van der Waals surface area contributed by atoms with Crippen molar-refractivity contribution in [2.45, 2.75) is 46.6 Å². The number of aryl methyl sites for hydroxylation is 2. The van der Waals surface area contributed by atoms with E-state index in [1.807, 2.05) is 64.1 Å². The zero-order valence-electron chi connectivity index (χ0n) is 16.3. The SMILES string of the molecule is Cc1ccc(NC(=O)C2(C(=O)Nc3ccccc3OC(C)C)CC2)cc1C. The smallest absolute Gasteiger partial charge is 0.240 e. The van der Waals surface area contributed by atoms with Gasteiger partial charge in [-0.05, 0) is 75.9 Å². The van der Waals surface area contributed by atoms with Crippen LogP contribution in [0.5, 0.6) is 5.75 Å². The van der Waals surface area contributed by atoms with Gasteiger partial charge >= 0.3 is 0 Å². The van der Waals surface area contributed by atoms with Gasteiger partial charge in [-0.1, -0.05) is 18.2 Å². The maximum absolute atomic E-state index is 12.9. The van der Waals surface area contributed by atoms with E-state index in [4.69, 9.17) is 4.74 Å². The molecule has 2 aromatic rings. The van der Waals surface area contributed by atoms with Crippen LogP contribution < -0.4 is 15.4 Å². The Morgan fingerprint density at radius 3 is 2.26 bits per heavy atom. The summed E-state index contributed by atoms with van der Waals surface area (Å²) in [4.78, 5) is 25.6. The van der Waals surface area contributed by atoms with Crippen molar-refractivity contribution in [1.29, 1.82) is 0 Å². The minimum absolute atomic E-state index is 0.00832. The lowest BCUT2D eigenvalue weighted by molar-refractivity contribution is -0.131. The molecular weight excluding hydrogens is 340 g/mol. The molecule has 0 heterocycles. The average molecular weight is 366 g/mol. The summed E-state index contributed by atoms with van der Waals surface area (Å²) in [6.45, 7) is 7.87. The van der Waals surface area contributed by atoms with Crippen molar-refractivity contribution in [2.75, 3.05) is 10.6 Å². The Morgan fingerprint density at radius 2 is 1.63 bits per heavy atom. The first-order valence-electron chi connectivity index (χ1n) is 9.28. The van der Waals surface area contributed by atoms with Gasteiger partial charge in [0.2, 0.25) is 11.8 Å². The molecule has 1 saturated carbocycles. The van der Waals surface area contributed by atoms with Gasteiger partial charge < -0.3 is 15.4 Å². The van der Waals surface area contributed by atoms with Crippen molar-refractivity contribution < 1.29 is 14.3 Å². The number of hydrogen-bond donors (Lipinski definition) is 2. The number of rotatable bonds is 6. The quantitative estimate of drug-likeness (QED) is 0.742. The van der Waals surface area contributed by atoms with E-state index in [0.29, 0.717) is 30.0 Å². The molecule has 1 aliphatic carbocycles. The van der Waals surface area contributed by atoms with Gasteiger partial charge in [-0.15, -0.1) is 0 Å². The Labute approximate surface area is 160 Å². The summed E-state index contributed by atoms with van der Waals surface area (Å²) in [5.74, 6) is 0.0559. The first-order valence-corrected chi connectivity index (χ1v) is 9.28. The monoisotopic (exact) mass is 366 g/mol. The lowest BCUT2D eigenvalue weighted by Crippen LogP contribution is -2.35. The number of anilines is 2. The zero-order chi connectivity index (χ0) is 19.6. The highest BCUT2D eigenvalue weighted by molar-refractivity contribution is 6.17. The number of para-hydroxylation sites is 2. The number of carbonyl (C=O) groups is 2. The summed E-state index contributed by atoms with van der Waals surface area (Å²) in [7, 11) is 0. The maximum atomic E-state index is 12.9. The van der Waals surface area contributed by atoms with Crippen LogP contribution in [0.4, 0.5) is 11.4 Å². The molecule has 0 radical (unpaired) electrons. The van der Waals surface area contributed by atoms with Crippen LogP contribution in [0, 0.1) is 19.3 Å². The predicted octanol–water partition coefficient (Wildman–Crippen LogP) is 4.45. The molecule has 0 bridgehead atoms. The van der Waals surface area contributed by atoms with Gasteiger partial charge in [0.15, 0.2) is 0 Å². The first kappa shape index (κ1) is 19.0. The molecular formula is C22H26N2O3. The largest absolute Gasteiger partial charge is 0.489 e. The van der Waals surface area contributed by atoms with E-state index in [2.05, 4.69) is 10.6 Å². The number of benzene rings is 2. The van der Waals surface area contributed by atoms with E-state index in [1.165, 1.54) is 0 Å². The van der Waals surface area contributed by atoms with Gasteiger partial charge in [-0.25, -0.2) is 0 Å². The summed E-state index contributed by atoms with van der Waals surface area (Å²) in [6, 6.07) is 13.0. The van der Waals surface area contributed by atoms with E-state index in [9.17, 15) is 9.59 Å². The van der Waals surface area contributed by atoms with Gasteiger partial charge in [0, 0.05) is 5.69 Å². The zero-order valence-corrected chi connectivity index (χ0v) is 16.3. The van der Waals surface area contributed by atoms with Crippen LogP contribution in [0.15, 0.2) is 42.5 Å². The molecule has 5 nitrogen and oxygen atoms in total. The second-order valence-corrected chi connectivity index (χ2v) is 7.45. The van der Waals surface area contributed by atoms with Crippen molar-refractivity contribution in [3.8, 4) is 5.75 Å². The molecule has 27 heavy (non-hydrogen) atoms. The maximum Gasteiger partial charge on any atom is 0.240 e. The molecule has 1 fully saturated rings. The highest BCUT2D eigenvalue weighted by Crippen LogP contribution is 2.48. The molecule has 0 atom stereocenters. The number of nitrogens with one attached hydrogen (secondary N) is 2. The topological polar surface area (TPSA) is 67.4 Å². The van der Waals surface area contributed by atoms with Crippen molar-refractivity contribution in [1.82, 2.24) is 0 Å². The van der Waals surface area contributed by atoms with E-state index in [0.717, 1.165) is 11.1 Å². The normalized spacial score (nSPS) is 14.6. The lowest BCUT2D eigenvalue weighted by Gasteiger charge is -2.18. The number of carbonyl (C=O) groups excluding carboxylic acids is 2. The molecule has 0 aliphatic heterocycles. The fourth-order valence-electron chi connectivity index (χ4n) is 2.92. The van der Waals surface area contributed by atoms with Crippen LogP contribution in [0.2, 0.25) is 0 Å². The molecule has 3 rings (SSSR count). The van der Waals surface area contributed by atoms with E-state index in [1.54, 1.807) is 6.07 Å². The molecule has 2 N–H and O–H groups in total. The Hall–Kier alpha value is -2.82. The third-order valence-electron chi connectivity index (χ3n) is 4.88. The first-order chi connectivity index (χ1) is 12.8. The van der Waals surface area contributed by atoms with Crippen molar-refractivity contribution in [3.05, 3.63) is 53.6 Å². The number of amides is 2. The van der Waals surface area contributed by atoms with Crippen LogP contribution >= 0.6 is 0 Å². The Morgan fingerprint density at radius 1 is 0.963 bits per heavy atom. The van der Waals surface area contributed by atoms with Gasteiger partial charge in [0.05, 0.1) is 11.8 Å². The molecule has 2 amide bonds. The van der Waals surface area contributed by atoms with E-state index < -0.39 is 5.41 Å². The summed E-state index contributed by atoms with van der Waals surface area (Å²) in [5, 5.41) is 5.78. The Balaban J connectivity index is 1.73. The van der Waals surface area contributed by atoms with E-state index >= 15 is 0 Å². The highest BCUT2D eigenvalue weighted by atomic mass is 16.5. The fourth-order valence-corrected chi connectivity index (χ4v) is 2.92. The minimum atomic E-state index is -1.01. The second-order valence-electron chi connectivity index (χ2n) is 7.45. The second kappa shape index (κ2) is 7.43. The lowest BCUT2D eigenvalue weighted by atomic mass is 10.0. The standard InChI is InChI=1S/C22H26N2O3/c1-14(2)27-19-8-6-5-7-18(19)24-21(26)22(11-12-22)20(25)23-17-10-9-15(3)16(4)13-17/h5-10,13-14H,11-12H2,1-4H3,(H,23,25)(H,24,26). The molecule has 5 heteroatoms. The van der Waals surface area contributed by atoms with Crippen LogP contribution in [-0.2, 0) is 9.59 Å². The van der Waals surface area contributed by atoms with E-state index in [-0.39, 0.29) is 17.9 Å². The summed E-state index contributed by atoms with van der Waals surface area (Å²) in [6.07, 6.45) is 1.08. The van der Waals surface area contributed by atoms with Crippen molar-refractivity contribution >= 4 is 23.2 Å². The van der Waals surface area contributed by atoms with Gasteiger partial charge in [0.1, 0.15) is 11.2 Å². The molecule has 1 aliphatic rings. The van der Waals surface area contributed by atoms with Gasteiger partial charge in [0.25, 0.3) is 0 Å². The average Bonchev–Trinajstić information content (AvgIpc) is 3.41. The molecule has 0 spiro atoms. The summed E-state index contributed by atoms with van der Waals surface area (Å²) >= 11 is 0. The molecule has 0 unspecified atom stereocenters. The van der Waals surface area contributed by atoms with Crippen molar-refractivity contribution in [2.24, 2.45) is 5.41 Å². The number of hydrogen-bond acceptors (Lipinski definition) is 3. The third kappa shape index (κ3) is 4.13. The van der Waals surface area contributed by atoms with Gasteiger partial charge in [-0.2, -0.15) is 0 Å².